The number of rotatable bonds is 5. The molecule has 6 heteroatoms. The summed E-state index contributed by atoms with van der Waals surface area (Å²) >= 11 is 0. The summed E-state index contributed by atoms with van der Waals surface area (Å²) in [5, 5.41) is 11.3. The third kappa shape index (κ3) is 3.62. The number of aryl methyl sites for hydroxylation is 1. The van der Waals surface area contributed by atoms with Crippen molar-refractivity contribution < 1.29 is 19.4 Å². The van der Waals surface area contributed by atoms with E-state index in [2.05, 4.69) is 5.32 Å². The standard InChI is InChI=1S/C15H16N2O4/c1-10-3-8-13(17(10)2)15(20)16-11-4-6-12(7-5-11)21-9-14(18)19/h3-8H,9H2,1-2H3,(H,16,20)(H,18,19). The summed E-state index contributed by atoms with van der Waals surface area (Å²) in [5.74, 6) is -0.804. The molecule has 1 aromatic heterocycles. The number of hydrogen-bond donors (Lipinski definition) is 2. The fraction of sp³-hybridized carbons (Fsp3) is 0.200. The van der Waals surface area contributed by atoms with Gasteiger partial charge in [-0.25, -0.2) is 4.79 Å². The Hall–Kier alpha value is -2.76. The Balaban J connectivity index is 2.01. The maximum atomic E-state index is 12.1. The molecule has 0 radical (unpaired) electrons. The van der Waals surface area contributed by atoms with Crippen molar-refractivity contribution in [1.29, 1.82) is 0 Å². The van der Waals surface area contributed by atoms with Crippen LogP contribution in [0.25, 0.3) is 0 Å². The number of aliphatic carboxylic acids is 1. The monoisotopic (exact) mass is 288 g/mol. The van der Waals surface area contributed by atoms with Crippen molar-refractivity contribution in [1.82, 2.24) is 4.57 Å². The van der Waals surface area contributed by atoms with Gasteiger partial charge in [-0.2, -0.15) is 0 Å². The third-order valence-corrected chi connectivity index (χ3v) is 3.08. The lowest BCUT2D eigenvalue weighted by atomic mass is 10.3. The first kappa shape index (κ1) is 14.6. The molecule has 0 fully saturated rings. The van der Waals surface area contributed by atoms with Gasteiger partial charge in [0.25, 0.3) is 5.91 Å². The van der Waals surface area contributed by atoms with E-state index in [0.717, 1.165) is 5.69 Å². The zero-order valence-corrected chi connectivity index (χ0v) is 11.8. The second-order valence-electron chi connectivity index (χ2n) is 4.58. The minimum Gasteiger partial charge on any atom is -0.482 e. The van der Waals surface area contributed by atoms with Crippen LogP contribution in [0, 0.1) is 6.92 Å². The summed E-state index contributed by atoms with van der Waals surface area (Å²) in [6.45, 7) is 1.53. The number of hydrogen-bond acceptors (Lipinski definition) is 3. The number of ether oxygens (including phenoxy) is 1. The van der Waals surface area contributed by atoms with Crippen molar-refractivity contribution in [3.63, 3.8) is 0 Å². The van der Waals surface area contributed by atoms with E-state index >= 15 is 0 Å². The van der Waals surface area contributed by atoms with Crippen molar-refractivity contribution >= 4 is 17.6 Å². The van der Waals surface area contributed by atoms with Crippen molar-refractivity contribution in [3.8, 4) is 5.75 Å². The molecular weight excluding hydrogens is 272 g/mol. The average molecular weight is 288 g/mol. The molecule has 2 aromatic rings. The molecule has 1 aromatic carbocycles. The van der Waals surface area contributed by atoms with Crippen LogP contribution in [0.15, 0.2) is 36.4 Å². The van der Waals surface area contributed by atoms with E-state index in [0.29, 0.717) is 17.1 Å². The van der Waals surface area contributed by atoms with Gasteiger partial charge < -0.3 is 19.7 Å². The molecule has 0 saturated carbocycles. The summed E-state index contributed by atoms with van der Waals surface area (Å²) in [4.78, 5) is 22.5. The van der Waals surface area contributed by atoms with Crippen LogP contribution in [0.4, 0.5) is 5.69 Å². The molecule has 2 rings (SSSR count). The number of carbonyl (C=O) groups excluding carboxylic acids is 1. The van der Waals surface area contributed by atoms with Crippen LogP contribution >= 0.6 is 0 Å². The molecular formula is C15H16N2O4. The summed E-state index contributed by atoms with van der Waals surface area (Å²) in [6.07, 6.45) is 0. The molecule has 6 nitrogen and oxygen atoms in total. The molecule has 21 heavy (non-hydrogen) atoms. The Morgan fingerprint density at radius 1 is 1.19 bits per heavy atom. The highest BCUT2D eigenvalue weighted by molar-refractivity contribution is 6.03. The van der Waals surface area contributed by atoms with E-state index in [1.807, 2.05) is 20.0 Å². The first-order valence-electron chi connectivity index (χ1n) is 6.35. The topological polar surface area (TPSA) is 80.6 Å². The normalized spacial score (nSPS) is 10.2. The minimum atomic E-state index is -1.04. The van der Waals surface area contributed by atoms with Gasteiger partial charge in [0.2, 0.25) is 0 Å². The van der Waals surface area contributed by atoms with Crippen LogP contribution in [0.2, 0.25) is 0 Å². The Morgan fingerprint density at radius 3 is 2.38 bits per heavy atom. The van der Waals surface area contributed by atoms with Gasteiger partial charge in [0.15, 0.2) is 6.61 Å². The summed E-state index contributed by atoms with van der Waals surface area (Å²) in [7, 11) is 1.83. The number of nitrogens with zero attached hydrogens (tertiary/aromatic N) is 1. The molecule has 0 aliphatic rings. The number of carboxylic acid groups (broad SMARTS) is 1. The number of benzene rings is 1. The average Bonchev–Trinajstić information content (AvgIpc) is 2.78. The zero-order valence-electron chi connectivity index (χ0n) is 11.8. The Kier molecular flexibility index (Phi) is 4.27. The SMILES string of the molecule is Cc1ccc(C(=O)Nc2ccc(OCC(=O)O)cc2)n1C. The van der Waals surface area contributed by atoms with Crippen LogP contribution in [-0.2, 0) is 11.8 Å². The number of nitrogens with one attached hydrogen (secondary N) is 1. The molecule has 0 unspecified atom stereocenters. The number of carbonyl (C=O) groups is 2. The van der Waals surface area contributed by atoms with Crippen molar-refractivity contribution in [3.05, 3.63) is 47.8 Å². The van der Waals surface area contributed by atoms with Gasteiger partial charge >= 0.3 is 5.97 Å². The summed E-state index contributed by atoms with van der Waals surface area (Å²) < 4.78 is 6.82. The van der Waals surface area contributed by atoms with E-state index in [9.17, 15) is 9.59 Å². The fourth-order valence-corrected chi connectivity index (χ4v) is 1.82. The lowest BCUT2D eigenvalue weighted by Crippen LogP contribution is -2.16. The largest absolute Gasteiger partial charge is 0.482 e. The molecule has 0 atom stereocenters. The van der Waals surface area contributed by atoms with Gasteiger partial charge in [-0.15, -0.1) is 0 Å². The molecule has 1 heterocycles. The van der Waals surface area contributed by atoms with Gasteiger partial charge in [-0.1, -0.05) is 0 Å². The summed E-state index contributed by atoms with van der Waals surface area (Å²) in [5.41, 5.74) is 2.18. The van der Waals surface area contributed by atoms with Crippen molar-refractivity contribution in [2.24, 2.45) is 7.05 Å². The van der Waals surface area contributed by atoms with E-state index in [1.165, 1.54) is 0 Å². The fourth-order valence-electron chi connectivity index (χ4n) is 1.82. The van der Waals surface area contributed by atoms with E-state index in [1.54, 1.807) is 34.9 Å². The molecule has 0 spiro atoms. The molecule has 1 amide bonds. The van der Waals surface area contributed by atoms with Crippen LogP contribution < -0.4 is 10.1 Å². The molecule has 2 N–H and O–H groups in total. The van der Waals surface area contributed by atoms with E-state index < -0.39 is 12.6 Å². The van der Waals surface area contributed by atoms with E-state index in [-0.39, 0.29) is 5.91 Å². The van der Waals surface area contributed by atoms with Crippen LogP contribution in [-0.4, -0.2) is 28.2 Å². The highest BCUT2D eigenvalue weighted by Crippen LogP contribution is 2.17. The van der Waals surface area contributed by atoms with Gasteiger partial charge in [0.1, 0.15) is 11.4 Å². The predicted molar refractivity (Wildman–Crippen MR) is 77.7 cm³/mol. The first-order valence-corrected chi connectivity index (χ1v) is 6.35. The van der Waals surface area contributed by atoms with Crippen LogP contribution in [0.5, 0.6) is 5.75 Å². The zero-order chi connectivity index (χ0) is 15.4. The molecule has 0 bridgehead atoms. The van der Waals surface area contributed by atoms with Crippen molar-refractivity contribution in [2.75, 3.05) is 11.9 Å². The number of aromatic nitrogens is 1. The number of amides is 1. The minimum absolute atomic E-state index is 0.204. The smallest absolute Gasteiger partial charge is 0.341 e. The lowest BCUT2D eigenvalue weighted by Gasteiger charge is -2.08. The third-order valence-electron chi connectivity index (χ3n) is 3.08. The maximum Gasteiger partial charge on any atom is 0.341 e. The van der Waals surface area contributed by atoms with Gasteiger partial charge in [-0.3, -0.25) is 4.79 Å². The maximum absolute atomic E-state index is 12.1. The molecule has 0 aliphatic carbocycles. The second kappa shape index (κ2) is 6.13. The lowest BCUT2D eigenvalue weighted by molar-refractivity contribution is -0.139. The highest BCUT2D eigenvalue weighted by Gasteiger charge is 2.11. The number of anilines is 1. The predicted octanol–water partition coefficient (Wildman–Crippen LogP) is 2.05. The van der Waals surface area contributed by atoms with Gasteiger partial charge in [0, 0.05) is 18.4 Å². The molecule has 0 saturated heterocycles. The highest BCUT2D eigenvalue weighted by atomic mass is 16.5. The second-order valence-corrected chi connectivity index (χ2v) is 4.58. The molecule has 110 valence electrons. The van der Waals surface area contributed by atoms with Crippen LogP contribution in [0.1, 0.15) is 16.2 Å². The Morgan fingerprint density at radius 2 is 1.86 bits per heavy atom. The van der Waals surface area contributed by atoms with Crippen LogP contribution in [0.3, 0.4) is 0 Å². The first-order chi connectivity index (χ1) is 9.97. The van der Waals surface area contributed by atoms with Gasteiger partial charge in [-0.05, 0) is 43.3 Å². The quantitative estimate of drug-likeness (QED) is 0.882. The van der Waals surface area contributed by atoms with Gasteiger partial charge in [0.05, 0.1) is 0 Å². The Labute approximate surface area is 122 Å². The Bertz CT molecular complexity index is 659. The molecule has 0 aliphatic heterocycles. The van der Waals surface area contributed by atoms with E-state index in [4.69, 9.17) is 9.84 Å². The summed E-state index contributed by atoms with van der Waals surface area (Å²) in [6, 6.07) is 10.2. The number of carboxylic acids is 1. The van der Waals surface area contributed by atoms with Crippen molar-refractivity contribution in [2.45, 2.75) is 6.92 Å².